The number of hydrogen-bond donors (Lipinski definition) is 2. The van der Waals surface area contributed by atoms with E-state index in [1.54, 1.807) is 14.2 Å². The van der Waals surface area contributed by atoms with E-state index < -0.39 is 0 Å². The van der Waals surface area contributed by atoms with Crippen LogP contribution in [0.2, 0.25) is 0 Å². The summed E-state index contributed by atoms with van der Waals surface area (Å²) in [6.07, 6.45) is 0.988. The number of para-hydroxylation sites is 2. The second-order valence-electron chi connectivity index (χ2n) is 4.80. The van der Waals surface area contributed by atoms with Gasteiger partial charge in [-0.1, -0.05) is 25.1 Å². The molecule has 1 atom stereocenters. The van der Waals surface area contributed by atoms with Gasteiger partial charge in [-0.05, 0) is 36.2 Å². The van der Waals surface area contributed by atoms with E-state index in [4.69, 9.17) is 15.2 Å². The van der Waals surface area contributed by atoms with Gasteiger partial charge in [0.25, 0.3) is 0 Å². The Morgan fingerprint density at radius 3 is 2.48 bits per heavy atom. The van der Waals surface area contributed by atoms with Gasteiger partial charge in [0.1, 0.15) is 5.75 Å². The molecule has 21 heavy (non-hydrogen) atoms. The molecule has 112 valence electrons. The summed E-state index contributed by atoms with van der Waals surface area (Å²) in [4.78, 5) is 0. The van der Waals surface area contributed by atoms with Crippen molar-refractivity contribution in [2.45, 2.75) is 19.4 Å². The molecule has 0 spiro atoms. The van der Waals surface area contributed by atoms with Gasteiger partial charge in [0.05, 0.1) is 30.3 Å². The molecule has 0 fully saturated rings. The fraction of sp³-hybridized carbons (Fsp3) is 0.294. The molecule has 0 saturated heterocycles. The van der Waals surface area contributed by atoms with E-state index >= 15 is 0 Å². The van der Waals surface area contributed by atoms with Crippen LogP contribution in [0.25, 0.3) is 0 Å². The molecule has 1 unspecified atom stereocenters. The zero-order chi connectivity index (χ0) is 15.2. The minimum absolute atomic E-state index is 0.0765. The van der Waals surface area contributed by atoms with Gasteiger partial charge in [-0.25, -0.2) is 0 Å². The highest BCUT2D eigenvalue weighted by Gasteiger charge is 2.10. The predicted octanol–water partition coefficient (Wildman–Crippen LogP) is 4.12. The minimum Gasteiger partial charge on any atom is -0.495 e. The van der Waals surface area contributed by atoms with Gasteiger partial charge in [-0.2, -0.15) is 0 Å². The van der Waals surface area contributed by atoms with Crippen LogP contribution in [-0.4, -0.2) is 14.2 Å². The van der Waals surface area contributed by atoms with E-state index in [9.17, 15) is 0 Å². The molecule has 2 rings (SSSR count). The molecule has 0 heterocycles. The van der Waals surface area contributed by atoms with Crippen molar-refractivity contribution < 1.29 is 9.47 Å². The minimum atomic E-state index is 0.0765. The third-order valence-corrected chi connectivity index (χ3v) is 3.48. The fourth-order valence-corrected chi connectivity index (χ4v) is 2.33. The van der Waals surface area contributed by atoms with E-state index in [1.165, 1.54) is 0 Å². The number of benzene rings is 2. The van der Waals surface area contributed by atoms with Crippen molar-refractivity contribution in [2.75, 3.05) is 25.3 Å². The second kappa shape index (κ2) is 6.99. The SMILES string of the molecule is CCC(OC)c1ccc(Nc2ccccc2OC)c(N)c1. The largest absolute Gasteiger partial charge is 0.495 e. The van der Waals surface area contributed by atoms with E-state index in [1.807, 2.05) is 42.5 Å². The molecule has 4 heteroatoms. The Labute approximate surface area is 125 Å². The summed E-state index contributed by atoms with van der Waals surface area (Å²) < 4.78 is 10.8. The lowest BCUT2D eigenvalue weighted by Gasteiger charge is -2.17. The first-order valence-corrected chi connectivity index (χ1v) is 7.01. The number of rotatable bonds is 6. The normalized spacial score (nSPS) is 12.0. The molecule has 0 amide bonds. The lowest BCUT2D eigenvalue weighted by atomic mass is 10.1. The number of hydrogen-bond acceptors (Lipinski definition) is 4. The predicted molar refractivity (Wildman–Crippen MR) is 87.2 cm³/mol. The Bertz CT molecular complexity index is 595. The highest BCUT2D eigenvalue weighted by Crippen LogP contribution is 2.32. The highest BCUT2D eigenvalue weighted by atomic mass is 16.5. The third kappa shape index (κ3) is 3.47. The topological polar surface area (TPSA) is 56.5 Å². The molecule has 0 radical (unpaired) electrons. The zero-order valence-electron chi connectivity index (χ0n) is 12.7. The first kappa shape index (κ1) is 15.2. The maximum Gasteiger partial charge on any atom is 0.142 e. The Kier molecular flexibility index (Phi) is 5.06. The molecule has 0 aliphatic heterocycles. The average molecular weight is 286 g/mol. The van der Waals surface area contributed by atoms with Crippen molar-refractivity contribution in [3.63, 3.8) is 0 Å². The van der Waals surface area contributed by atoms with Crippen LogP contribution in [0.3, 0.4) is 0 Å². The van der Waals surface area contributed by atoms with E-state index in [2.05, 4.69) is 12.2 Å². The number of nitrogens with one attached hydrogen (secondary N) is 1. The Morgan fingerprint density at radius 2 is 1.86 bits per heavy atom. The maximum absolute atomic E-state index is 6.15. The highest BCUT2D eigenvalue weighted by molar-refractivity contribution is 5.75. The van der Waals surface area contributed by atoms with Crippen molar-refractivity contribution in [3.8, 4) is 5.75 Å². The van der Waals surface area contributed by atoms with Gasteiger partial charge < -0.3 is 20.5 Å². The van der Waals surface area contributed by atoms with Gasteiger partial charge in [-0.15, -0.1) is 0 Å². The number of methoxy groups -OCH3 is 2. The average Bonchev–Trinajstić information content (AvgIpc) is 2.51. The zero-order valence-corrected chi connectivity index (χ0v) is 12.7. The van der Waals surface area contributed by atoms with Gasteiger partial charge >= 0.3 is 0 Å². The number of nitrogen functional groups attached to an aromatic ring is 1. The quantitative estimate of drug-likeness (QED) is 0.784. The standard InChI is InChI=1S/C17H22N2O2/c1-4-16(20-2)12-9-10-14(13(18)11-12)19-15-7-5-6-8-17(15)21-3/h5-11,16,19H,4,18H2,1-3H3. The first-order valence-electron chi connectivity index (χ1n) is 7.01. The molecular weight excluding hydrogens is 264 g/mol. The van der Waals surface area contributed by atoms with Crippen LogP contribution in [0.5, 0.6) is 5.75 Å². The van der Waals surface area contributed by atoms with Crippen molar-refractivity contribution >= 4 is 17.1 Å². The van der Waals surface area contributed by atoms with Gasteiger partial charge in [-0.3, -0.25) is 0 Å². The maximum atomic E-state index is 6.15. The van der Waals surface area contributed by atoms with Gasteiger partial charge in [0, 0.05) is 7.11 Å². The van der Waals surface area contributed by atoms with E-state index in [-0.39, 0.29) is 6.10 Å². The van der Waals surface area contributed by atoms with Crippen LogP contribution in [-0.2, 0) is 4.74 Å². The number of ether oxygens (including phenoxy) is 2. The summed E-state index contributed by atoms with van der Waals surface area (Å²) >= 11 is 0. The molecule has 0 bridgehead atoms. The fourth-order valence-electron chi connectivity index (χ4n) is 2.33. The summed E-state index contributed by atoms with van der Waals surface area (Å²) in [5.74, 6) is 0.782. The lowest BCUT2D eigenvalue weighted by molar-refractivity contribution is 0.100. The van der Waals surface area contributed by atoms with E-state index in [0.717, 1.165) is 29.1 Å². The molecular formula is C17H22N2O2. The summed E-state index contributed by atoms with van der Waals surface area (Å²) in [7, 11) is 3.36. The third-order valence-electron chi connectivity index (χ3n) is 3.48. The Balaban J connectivity index is 2.25. The van der Waals surface area contributed by atoms with Gasteiger partial charge in [0.2, 0.25) is 0 Å². The van der Waals surface area contributed by atoms with Crippen molar-refractivity contribution in [3.05, 3.63) is 48.0 Å². The molecule has 2 aromatic rings. The molecule has 4 nitrogen and oxygen atoms in total. The lowest BCUT2D eigenvalue weighted by Crippen LogP contribution is -2.03. The molecule has 0 aromatic heterocycles. The monoisotopic (exact) mass is 286 g/mol. The summed E-state index contributed by atoms with van der Waals surface area (Å²) in [5, 5.41) is 3.30. The second-order valence-corrected chi connectivity index (χ2v) is 4.80. The summed E-state index contributed by atoms with van der Waals surface area (Å²) in [6, 6.07) is 13.7. The van der Waals surface area contributed by atoms with Crippen molar-refractivity contribution in [1.29, 1.82) is 0 Å². The Morgan fingerprint density at radius 1 is 1.10 bits per heavy atom. The van der Waals surface area contributed by atoms with Crippen LogP contribution in [0.15, 0.2) is 42.5 Å². The molecule has 0 saturated carbocycles. The number of nitrogens with two attached hydrogens (primary N) is 1. The molecule has 3 N–H and O–H groups in total. The Hall–Kier alpha value is -2.20. The van der Waals surface area contributed by atoms with E-state index in [0.29, 0.717) is 5.69 Å². The van der Waals surface area contributed by atoms with Crippen LogP contribution >= 0.6 is 0 Å². The van der Waals surface area contributed by atoms with Crippen LogP contribution in [0.1, 0.15) is 25.0 Å². The first-order chi connectivity index (χ1) is 10.2. The molecule has 0 aliphatic carbocycles. The summed E-state index contributed by atoms with van der Waals surface area (Å²) in [6.45, 7) is 2.09. The smallest absolute Gasteiger partial charge is 0.142 e. The number of anilines is 3. The van der Waals surface area contributed by atoms with Crippen molar-refractivity contribution in [1.82, 2.24) is 0 Å². The van der Waals surface area contributed by atoms with Crippen molar-refractivity contribution in [2.24, 2.45) is 0 Å². The van der Waals surface area contributed by atoms with Crippen LogP contribution in [0, 0.1) is 0 Å². The van der Waals surface area contributed by atoms with Gasteiger partial charge in [0.15, 0.2) is 0 Å². The van der Waals surface area contributed by atoms with Crippen LogP contribution in [0.4, 0.5) is 17.1 Å². The molecule has 0 aliphatic rings. The van der Waals surface area contributed by atoms with Crippen LogP contribution < -0.4 is 15.8 Å². The summed E-state index contributed by atoms with van der Waals surface area (Å²) in [5.41, 5.74) is 9.67. The molecule has 2 aromatic carbocycles.